The molecule has 0 atom stereocenters. The molecule has 7 nitrogen and oxygen atoms in total. The van der Waals surface area contributed by atoms with Crippen molar-refractivity contribution in [2.75, 3.05) is 30.8 Å². The molecular weight excluding hydrogens is 423 g/mol. The fourth-order valence-corrected chi connectivity index (χ4v) is 3.17. The second kappa shape index (κ2) is 11.5. The van der Waals surface area contributed by atoms with Gasteiger partial charge >= 0.3 is 0 Å². The highest BCUT2D eigenvalue weighted by atomic mass is 19.1. The van der Waals surface area contributed by atoms with E-state index in [2.05, 4.69) is 16.0 Å². The fraction of sp³-hybridized carbons (Fsp3) is 0.160. The molecule has 0 bridgehead atoms. The maximum Gasteiger partial charge on any atom is 0.253 e. The van der Waals surface area contributed by atoms with E-state index in [1.54, 1.807) is 37.4 Å². The van der Waals surface area contributed by atoms with E-state index in [1.165, 1.54) is 23.1 Å². The fourth-order valence-electron chi connectivity index (χ4n) is 3.17. The smallest absolute Gasteiger partial charge is 0.253 e. The van der Waals surface area contributed by atoms with Crippen LogP contribution in [0.2, 0.25) is 0 Å². The van der Waals surface area contributed by atoms with Gasteiger partial charge in [-0.25, -0.2) is 4.39 Å². The number of likely N-dealkylation sites (N-methyl/N-ethyl adjacent to an activating group) is 1. The third kappa shape index (κ3) is 7.55. The van der Waals surface area contributed by atoms with Gasteiger partial charge in [-0.2, -0.15) is 0 Å². The average Bonchev–Trinajstić information content (AvgIpc) is 2.78. The van der Waals surface area contributed by atoms with Crippen LogP contribution in [0, 0.1) is 5.82 Å². The van der Waals surface area contributed by atoms with Gasteiger partial charge in [-0.05, 0) is 42.9 Å². The SMILES string of the molecule is CN(CC(=O)Nc1cccc(F)c1)CC(=O)Nc1ccccc1C(=O)NCc1ccccc1. The first-order valence-corrected chi connectivity index (χ1v) is 10.4. The molecule has 33 heavy (non-hydrogen) atoms. The zero-order valence-electron chi connectivity index (χ0n) is 18.2. The summed E-state index contributed by atoms with van der Waals surface area (Å²) in [5.41, 5.74) is 2.03. The first-order chi connectivity index (χ1) is 15.9. The van der Waals surface area contributed by atoms with Gasteiger partial charge in [0.15, 0.2) is 0 Å². The number of hydrogen-bond acceptors (Lipinski definition) is 4. The summed E-state index contributed by atoms with van der Waals surface area (Å²) in [4.78, 5) is 38.8. The van der Waals surface area contributed by atoms with Crippen LogP contribution in [0.3, 0.4) is 0 Å². The minimum absolute atomic E-state index is 0.0663. The van der Waals surface area contributed by atoms with Gasteiger partial charge in [-0.3, -0.25) is 19.3 Å². The lowest BCUT2D eigenvalue weighted by Gasteiger charge is -2.17. The van der Waals surface area contributed by atoms with E-state index in [9.17, 15) is 18.8 Å². The van der Waals surface area contributed by atoms with Crippen LogP contribution in [0.5, 0.6) is 0 Å². The van der Waals surface area contributed by atoms with E-state index in [1.807, 2.05) is 30.3 Å². The molecule has 0 spiro atoms. The zero-order valence-corrected chi connectivity index (χ0v) is 18.2. The summed E-state index contributed by atoms with van der Waals surface area (Å²) in [7, 11) is 1.61. The lowest BCUT2D eigenvalue weighted by molar-refractivity contribution is -0.119. The Hall–Kier alpha value is -4.04. The van der Waals surface area contributed by atoms with Crippen molar-refractivity contribution in [3.8, 4) is 0 Å². The first kappa shape index (κ1) is 23.6. The van der Waals surface area contributed by atoms with Crippen molar-refractivity contribution in [2.24, 2.45) is 0 Å². The van der Waals surface area contributed by atoms with Crippen molar-refractivity contribution >= 4 is 29.1 Å². The molecule has 0 fully saturated rings. The van der Waals surface area contributed by atoms with Crippen LogP contribution >= 0.6 is 0 Å². The van der Waals surface area contributed by atoms with Gasteiger partial charge in [-0.1, -0.05) is 48.5 Å². The molecule has 3 rings (SSSR count). The minimum Gasteiger partial charge on any atom is -0.348 e. The Balaban J connectivity index is 1.52. The maximum atomic E-state index is 13.2. The van der Waals surface area contributed by atoms with Gasteiger partial charge in [0.25, 0.3) is 5.91 Å². The van der Waals surface area contributed by atoms with Crippen molar-refractivity contribution in [3.63, 3.8) is 0 Å². The summed E-state index contributed by atoms with van der Waals surface area (Å²) in [5, 5.41) is 8.15. The highest BCUT2D eigenvalue weighted by molar-refractivity contribution is 6.04. The lowest BCUT2D eigenvalue weighted by Crippen LogP contribution is -2.36. The molecule has 0 heterocycles. The van der Waals surface area contributed by atoms with E-state index < -0.39 is 5.82 Å². The summed E-state index contributed by atoms with van der Waals surface area (Å²) >= 11 is 0. The van der Waals surface area contributed by atoms with Crippen molar-refractivity contribution in [2.45, 2.75) is 6.54 Å². The number of nitrogens with one attached hydrogen (secondary N) is 3. The Bertz CT molecular complexity index is 1120. The van der Waals surface area contributed by atoms with Crippen molar-refractivity contribution < 1.29 is 18.8 Å². The van der Waals surface area contributed by atoms with Gasteiger partial charge in [0.2, 0.25) is 11.8 Å². The van der Waals surface area contributed by atoms with E-state index in [-0.39, 0.29) is 30.8 Å². The Kier molecular flexibility index (Phi) is 8.26. The number of carbonyl (C=O) groups is 3. The highest BCUT2D eigenvalue weighted by Gasteiger charge is 2.15. The van der Waals surface area contributed by atoms with E-state index >= 15 is 0 Å². The largest absolute Gasteiger partial charge is 0.348 e. The molecule has 0 radical (unpaired) electrons. The first-order valence-electron chi connectivity index (χ1n) is 10.4. The number of rotatable bonds is 9. The molecule has 0 aromatic heterocycles. The van der Waals surface area contributed by atoms with E-state index in [0.29, 0.717) is 23.5 Å². The predicted molar refractivity (Wildman–Crippen MR) is 125 cm³/mol. The number of anilines is 2. The van der Waals surface area contributed by atoms with Crippen LogP contribution in [0.15, 0.2) is 78.9 Å². The van der Waals surface area contributed by atoms with Crippen LogP contribution in [0.1, 0.15) is 15.9 Å². The Morgan fingerprint density at radius 1 is 0.818 bits per heavy atom. The summed E-state index contributed by atoms with van der Waals surface area (Å²) in [5.74, 6) is -1.51. The van der Waals surface area contributed by atoms with Crippen molar-refractivity contribution in [3.05, 3.63) is 95.8 Å². The van der Waals surface area contributed by atoms with E-state index in [0.717, 1.165) is 5.56 Å². The van der Waals surface area contributed by atoms with E-state index in [4.69, 9.17) is 0 Å². The molecule has 0 saturated heterocycles. The summed E-state index contributed by atoms with van der Waals surface area (Å²) in [6, 6.07) is 21.8. The number of nitrogens with zero attached hydrogens (tertiary/aromatic N) is 1. The molecule has 170 valence electrons. The molecule has 0 saturated carbocycles. The predicted octanol–water partition coefficient (Wildman–Crippen LogP) is 3.26. The molecule has 0 aliphatic carbocycles. The summed E-state index contributed by atoms with van der Waals surface area (Å²) in [6.07, 6.45) is 0. The zero-order chi connectivity index (χ0) is 23.6. The number of hydrogen-bond donors (Lipinski definition) is 3. The number of benzene rings is 3. The normalized spacial score (nSPS) is 10.5. The van der Waals surface area contributed by atoms with Gasteiger partial charge < -0.3 is 16.0 Å². The van der Waals surface area contributed by atoms with Crippen LogP contribution in [-0.2, 0) is 16.1 Å². The molecule has 3 aromatic carbocycles. The monoisotopic (exact) mass is 448 g/mol. The van der Waals surface area contributed by atoms with Gasteiger partial charge in [0.05, 0.1) is 24.3 Å². The number of halogens is 1. The Morgan fingerprint density at radius 2 is 1.48 bits per heavy atom. The standard InChI is InChI=1S/C25H25FN4O3/c1-30(16-23(31)28-20-11-7-10-19(26)14-20)17-24(32)29-22-13-6-5-12-21(22)25(33)27-15-18-8-3-2-4-9-18/h2-14H,15-17H2,1H3,(H,27,33)(H,28,31)(H,29,32). The average molecular weight is 448 g/mol. The second-order valence-corrected chi connectivity index (χ2v) is 7.49. The number of para-hydroxylation sites is 1. The van der Waals surface area contributed by atoms with Gasteiger partial charge in [0.1, 0.15) is 5.82 Å². The van der Waals surface area contributed by atoms with Crippen LogP contribution < -0.4 is 16.0 Å². The molecule has 0 aliphatic heterocycles. The lowest BCUT2D eigenvalue weighted by atomic mass is 10.1. The molecule has 0 aliphatic rings. The Labute approximate surface area is 191 Å². The van der Waals surface area contributed by atoms with Crippen LogP contribution in [0.25, 0.3) is 0 Å². The number of amides is 3. The number of carbonyl (C=O) groups excluding carboxylic acids is 3. The van der Waals surface area contributed by atoms with Crippen molar-refractivity contribution in [1.29, 1.82) is 0 Å². The molecule has 3 aromatic rings. The third-order valence-electron chi connectivity index (χ3n) is 4.68. The van der Waals surface area contributed by atoms with Gasteiger partial charge in [0, 0.05) is 12.2 Å². The molecule has 0 unspecified atom stereocenters. The third-order valence-corrected chi connectivity index (χ3v) is 4.68. The maximum absolute atomic E-state index is 13.2. The minimum atomic E-state index is -0.452. The van der Waals surface area contributed by atoms with Crippen LogP contribution in [0.4, 0.5) is 15.8 Å². The van der Waals surface area contributed by atoms with Crippen molar-refractivity contribution in [1.82, 2.24) is 10.2 Å². The second-order valence-electron chi connectivity index (χ2n) is 7.49. The topological polar surface area (TPSA) is 90.5 Å². The highest BCUT2D eigenvalue weighted by Crippen LogP contribution is 2.15. The Morgan fingerprint density at radius 3 is 2.21 bits per heavy atom. The molecule has 3 amide bonds. The summed E-state index contributed by atoms with van der Waals surface area (Å²) in [6.45, 7) is 0.227. The van der Waals surface area contributed by atoms with Gasteiger partial charge in [-0.15, -0.1) is 0 Å². The summed E-state index contributed by atoms with van der Waals surface area (Å²) < 4.78 is 13.2. The van der Waals surface area contributed by atoms with Crippen LogP contribution in [-0.4, -0.2) is 42.8 Å². The molecular formula is C25H25FN4O3. The quantitative estimate of drug-likeness (QED) is 0.469. The molecule has 8 heteroatoms. The molecule has 3 N–H and O–H groups in total.